The van der Waals surface area contributed by atoms with Crippen LogP contribution in [0.2, 0.25) is 5.02 Å². The number of piperidine rings is 1. The van der Waals surface area contributed by atoms with E-state index >= 15 is 0 Å². The van der Waals surface area contributed by atoms with Gasteiger partial charge in [0.1, 0.15) is 11.6 Å². The Morgan fingerprint density at radius 1 is 0.970 bits per heavy atom. The lowest BCUT2D eigenvalue weighted by Crippen LogP contribution is -2.44. The van der Waals surface area contributed by atoms with E-state index in [2.05, 4.69) is 5.32 Å². The summed E-state index contributed by atoms with van der Waals surface area (Å²) in [5.41, 5.74) is 1.17. The maximum atomic E-state index is 13.9. The van der Waals surface area contributed by atoms with Gasteiger partial charge in [-0.2, -0.15) is 0 Å². The van der Waals surface area contributed by atoms with E-state index in [1.54, 1.807) is 17.0 Å². The van der Waals surface area contributed by atoms with Crippen molar-refractivity contribution in [3.05, 3.63) is 101 Å². The van der Waals surface area contributed by atoms with E-state index in [1.807, 2.05) is 48.5 Å². The van der Waals surface area contributed by atoms with Gasteiger partial charge in [-0.15, -0.1) is 0 Å². The zero-order valence-corrected chi connectivity index (χ0v) is 18.7. The number of hydrogen-bond donors (Lipinski definition) is 1. The summed E-state index contributed by atoms with van der Waals surface area (Å²) in [7, 11) is 0. The second-order valence-electron chi connectivity index (χ2n) is 8.00. The Morgan fingerprint density at radius 2 is 1.61 bits per heavy atom. The molecule has 0 saturated carbocycles. The first-order valence-corrected chi connectivity index (χ1v) is 11.2. The Hall–Kier alpha value is -3.38. The summed E-state index contributed by atoms with van der Waals surface area (Å²) in [6.07, 6.45) is 1.01. The Bertz CT molecular complexity index is 1100. The smallest absolute Gasteiger partial charge is 0.410 e. The van der Waals surface area contributed by atoms with Crippen molar-refractivity contribution in [2.75, 3.05) is 13.1 Å². The highest BCUT2D eigenvalue weighted by molar-refractivity contribution is 6.30. The van der Waals surface area contributed by atoms with Crippen LogP contribution in [0, 0.1) is 11.7 Å². The van der Waals surface area contributed by atoms with Crippen LogP contribution in [0.4, 0.5) is 9.18 Å². The normalized spacial score (nSPS) is 15.0. The molecule has 1 saturated heterocycles. The summed E-state index contributed by atoms with van der Waals surface area (Å²) in [4.78, 5) is 27.1. The zero-order valence-electron chi connectivity index (χ0n) is 17.9. The van der Waals surface area contributed by atoms with Crippen molar-refractivity contribution in [1.29, 1.82) is 0 Å². The van der Waals surface area contributed by atoms with Gasteiger partial charge in [0.15, 0.2) is 0 Å². The van der Waals surface area contributed by atoms with Crippen molar-refractivity contribution in [3.8, 4) is 5.75 Å². The Kier molecular flexibility index (Phi) is 7.25. The first kappa shape index (κ1) is 22.8. The third-order valence-electron chi connectivity index (χ3n) is 5.84. The number of carbonyl (C=O) groups excluding carboxylic acids is 2. The summed E-state index contributed by atoms with van der Waals surface area (Å²) in [5.74, 6) is -0.389. The Morgan fingerprint density at radius 3 is 2.24 bits per heavy atom. The molecule has 0 bridgehead atoms. The molecule has 33 heavy (non-hydrogen) atoms. The predicted molar refractivity (Wildman–Crippen MR) is 125 cm³/mol. The summed E-state index contributed by atoms with van der Waals surface area (Å²) in [5, 5.41) is 3.04. The van der Waals surface area contributed by atoms with Gasteiger partial charge in [0.05, 0.1) is 11.1 Å². The van der Waals surface area contributed by atoms with Crippen LogP contribution in [0.15, 0.2) is 78.9 Å². The molecule has 1 unspecified atom stereocenters. The van der Waals surface area contributed by atoms with Gasteiger partial charge in [-0.25, -0.2) is 9.18 Å². The monoisotopic (exact) mass is 466 g/mol. The average molecular weight is 467 g/mol. The minimum Gasteiger partial charge on any atom is -0.410 e. The lowest BCUT2D eigenvalue weighted by Gasteiger charge is -2.36. The topological polar surface area (TPSA) is 58.6 Å². The number of nitrogens with zero attached hydrogens (tertiary/aromatic N) is 1. The molecule has 1 heterocycles. The highest BCUT2D eigenvalue weighted by Crippen LogP contribution is 2.32. The number of rotatable bonds is 5. The van der Waals surface area contributed by atoms with Crippen molar-refractivity contribution in [2.45, 2.75) is 18.9 Å². The first-order valence-electron chi connectivity index (χ1n) is 10.8. The van der Waals surface area contributed by atoms with E-state index < -0.39 is 5.82 Å². The minimum atomic E-state index is -0.634. The molecule has 1 N–H and O–H groups in total. The van der Waals surface area contributed by atoms with Gasteiger partial charge in [-0.05, 0) is 54.7 Å². The number of halogens is 2. The largest absolute Gasteiger partial charge is 0.415 e. The number of hydrogen-bond acceptors (Lipinski definition) is 3. The number of carbonyl (C=O) groups is 2. The molecule has 7 heteroatoms. The molecule has 3 aromatic rings. The molecule has 0 aromatic heterocycles. The van der Waals surface area contributed by atoms with Crippen molar-refractivity contribution in [3.63, 3.8) is 0 Å². The van der Waals surface area contributed by atoms with Crippen LogP contribution >= 0.6 is 11.6 Å². The van der Waals surface area contributed by atoms with Crippen LogP contribution in [-0.4, -0.2) is 30.0 Å². The van der Waals surface area contributed by atoms with E-state index in [9.17, 15) is 14.0 Å². The molecule has 4 rings (SSSR count). The Labute approximate surface area is 197 Å². The third-order valence-corrected chi connectivity index (χ3v) is 6.15. The second-order valence-corrected chi connectivity index (χ2v) is 8.40. The maximum absolute atomic E-state index is 13.9. The molecular formula is C26H24ClFN2O3. The van der Waals surface area contributed by atoms with Crippen molar-refractivity contribution >= 4 is 23.6 Å². The van der Waals surface area contributed by atoms with Crippen LogP contribution in [-0.2, 0) is 0 Å². The van der Waals surface area contributed by atoms with Crippen LogP contribution < -0.4 is 10.1 Å². The summed E-state index contributed by atoms with van der Waals surface area (Å²) >= 11 is 5.75. The van der Waals surface area contributed by atoms with E-state index in [-0.39, 0.29) is 34.5 Å². The SMILES string of the molecule is O=C(NC(c1ccccc1)C1CCN(C(=O)Oc2ccccc2)CC1)c1ccc(Cl)c(F)c1. The van der Waals surface area contributed by atoms with Gasteiger partial charge < -0.3 is 15.0 Å². The number of ether oxygens (including phenoxy) is 1. The molecule has 2 amide bonds. The number of likely N-dealkylation sites (tertiary alicyclic amines) is 1. The van der Waals surface area contributed by atoms with Gasteiger partial charge in [-0.3, -0.25) is 4.79 Å². The van der Waals surface area contributed by atoms with Gasteiger partial charge >= 0.3 is 6.09 Å². The van der Waals surface area contributed by atoms with Crippen molar-refractivity contribution < 1.29 is 18.7 Å². The molecule has 3 aromatic carbocycles. The van der Waals surface area contributed by atoms with Crippen molar-refractivity contribution in [1.82, 2.24) is 10.2 Å². The molecule has 1 atom stereocenters. The summed E-state index contributed by atoms with van der Waals surface area (Å²) in [6.45, 7) is 1.04. The van der Waals surface area contributed by atoms with E-state index in [0.717, 1.165) is 11.6 Å². The van der Waals surface area contributed by atoms with Crippen molar-refractivity contribution in [2.24, 2.45) is 5.92 Å². The first-order chi connectivity index (χ1) is 16.0. The molecule has 1 aliphatic heterocycles. The lowest BCUT2D eigenvalue weighted by atomic mass is 9.85. The summed E-state index contributed by atoms with van der Waals surface area (Å²) < 4.78 is 19.3. The number of nitrogens with one attached hydrogen (secondary N) is 1. The summed E-state index contributed by atoms with van der Waals surface area (Å²) in [6, 6.07) is 22.4. The molecule has 5 nitrogen and oxygen atoms in total. The highest BCUT2D eigenvalue weighted by Gasteiger charge is 2.31. The predicted octanol–water partition coefficient (Wildman–Crippen LogP) is 5.86. The van der Waals surface area contributed by atoms with Crippen LogP contribution in [0.25, 0.3) is 0 Å². The van der Waals surface area contributed by atoms with Crippen LogP contribution in [0.1, 0.15) is 34.8 Å². The standard InChI is InChI=1S/C26H24ClFN2O3/c27-22-12-11-20(17-23(22)28)25(31)29-24(18-7-3-1-4-8-18)19-13-15-30(16-14-19)26(32)33-21-9-5-2-6-10-21/h1-12,17,19,24H,13-16H2,(H,29,31). The van der Waals surface area contributed by atoms with E-state index in [1.165, 1.54) is 12.1 Å². The third kappa shape index (κ3) is 5.71. The van der Waals surface area contributed by atoms with Gasteiger partial charge in [0.2, 0.25) is 0 Å². The highest BCUT2D eigenvalue weighted by atomic mass is 35.5. The molecular weight excluding hydrogens is 443 g/mol. The molecule has 0 aliphatic carbocycles. The molecule has 1 aliphatic rings. The zero-order chi connectivity index (χ0) is 23.2. The molecule has 1 fully saturated rings. The fourth-order valence-electron chi connectivity index (χ4n) is 4.06. The minimum absolute atomic E-state index is 0.0269. The number of amides is 2. The van der Waals surface area contributed by atoms with Crippen LogP contribution in [0.5, 0.6) is 5.75 Å². The molecule has 0 radical (unpaired) electrons. The lowest BCUT2D eigenvalue weighted by molar-refractivity contribution is 0.0884. The maximum Gasteiger partial charge on any atom is 0.415 e. The fraction of sp³-hybridized carbons (Fsp3) is 0.231. The number of para-hydroxylation sites is 1. The van der Waals surface area contributed by atoms with E-state index in [4.69, 9.17) is 16.3 Å². The molecule has 0 spiro atoms. The van der Waals surface area contributed by atoms with E-state index in [0.29, 0.717) is 31.7 Å². The second kappa shape index (κ2) is 10.5. The van der Waals surface area contributed by atoms with Crippen LogP contribution in [0.3, 0.4) is 0 Å². The average Bonchev–Trinajstić information content (AvgIpc) is 2.85. The van der Waals surface area contributed by atoms with Gasteiger partial charge in [0, 0.05) is 18.7 Å². The molecule has 170 valence electrons. The van der Waals surface area contributed by atoms with Gasteiger partial charge in [-0.1, -0.05) is 60.1 Å². The van der Waals surface area contributed by atoms with Gasteiger partial charge in [0.25, 0.3) is 5.91 Å². The number of benzene rings is 3. The fourth-order valence-corrected chi connectivity index (χ4v) is 4.18. The Balaban J connectivity index is 1.44. The quantitative estimate of drug-likeness (QED) is 0.512.